The third kappa shape index (κ3) is 4.25. The van der Waals surface area contributed by atoms with Crippen LogP contribution in [0.4, 0.5) is 10.1 Å². The number of nitriles is 1. The molecule has 0 saturated carbocycles. The summed E-state index contributed by atoms with van der Waals surface area (Å²) in [6.45, 7) is 5.55. The lowest BCUT2D eigenvalue weighted by molar-refractivity contribution is -0.151. The molecule has 1 aromatic carbocycles. The topological polar surface area (TPSA) is 62.1 Å². The van der Waals surface area contributed by atoms with Gasteiger partial charge in [0, 0.05) is 6.54 Å². The molecule has 0 aromatic heterocycles. The molecule has 0 fully saturated rings. The Hall–Kier alpha value is -2.09. The number of nitrogens with one attached hydrogen (secondary N) is 1. The number of nitrogens with zero attached hydrogens (tertiary/aromatic N) is 1. The van der Waals surface area contributed by atoms with E-state index < -0.39 is 5.82 Å². The van der Waals surface area contributed by atoms with E-state index in [1.54, 1.807) is 32.9 Å². The van der Waals surface area contributed by atoms with Gasteiger partial charge in [-0.1, -0.05) is 13.0 Å². The number of carbonyl (C=O) groups excluding carboxylic acids is 1. The molecule has 0 amide bonds. The normalized spacial score (nSPS) is 11.8. The second kappa shape index (κ2) is 6.74. The monoisotopic (exact) mass is 264 g/mol. The van der Waals surface area contributed by atoms with Crippen LogP contribution < -0.4 is 5.32 Å². The van der Waals surface area contributed by atoms with Crippen LogP contribution in [0.15, 0.2) is 18.2 Å². The lowest BCUT2D eigenvalue weighted by atomic mass is 10.1. The minimum Gasteiger partial charge on any atom is -0.463 e. The van der Waals surface area contributed by atoms with Crippen molar-refractivity contribution in [2.45, 2.75) is 26.9 Å². The van der Waals surface area contributed by atoms with Crippen molar-refractivity contribution < 1.29 is 13.9 Å². The minimum absolute atomic E-state index is 0.0491. The van der Waals surface area contributed by atoms with E-state index in [0.717, 1.165) is 0 Å². The van der Waals surface area contributed by atoms with Crippen molar-refractivity contribution >= 4 is 11.7 Å². The van der Waals surface area contributed by atoms with E-state index >= 15 is 0 Å². The molecule has 1 unspecified atom stereocenters. The molecule has 0 heterocycles. The van der Waals surface area contributed by atoms with Crippen LogP contribution in [0, 0.1) is 23.1 Å². The van der Waals surface area contributed by atoms with Crippen LogP contribution in [0.25, 0.3) is 0 Å². The highest BCUT2D eigenvalue weighted by atomic mass is 19.1. The van der Waals surface area contributed by atoms with E-state index in [9.17, 15) is 9.18 Å². The standard InChI is InChI=1S/C14H17FN2O2/c1-9(2)19-14(18)10(3)8-17-13-6-4-5-12(15)11(13)7-16/h4-6,9-10,17H,8H2,1-3H3. The lowest BCUT2D eigenvalue weighted by Crippen LogP contribution is -2.25. The zero-order valence-electron chi connectivity index (χ0n) is 11.2. The summed E-state index contributed by atoms with van der Waals surface area (Å²) in [5.41, 5.74) is 0.332. The maximum Gasteiger partial charge on any atom is 0.310 e. The van der Waals surface area contributed by atoms with Gasteiger partial charge in [-0.15, -0.1) is 0 Å². The van der Waals surface area contributed by atoms with Crippen molar-refractivity contribution in [1.29, 1.82) is 5.26 Å². The number of carbonyl (C=O) groups is 1. The summed E-state index contributed by atoms with van der Waals surface area (Å²) in [5.74, 6) is -1.28. The van der Waals surface area contributed by atoms with Gasteiger partial charge in [0.1, 0.15) is 17.4 Å². The van der Waals surface area contributed by atoms with Gasteiger partial charge in [0.05, 0.1) is 17.7 Å². The zero-order valence-corrected chi connectivity index (χ0v) is 11.2. The predicted molar refractivity (Wildman–Crippen MR) is 70.0 cm³/mol. The van der Waals surface area contributed by atoms with Crippen molar-refractivity contribution in [2.75, 3.05) is 11.9 Å². The van der Waals surface area contributed by atoms with Gasteiger partial charge in [-0.3, -0.25) is 4.79 Å². The van der Waals surface area contributed by atoms with Gasteiger partial charge < -0.3 is 10.1 Å². The fourth-order valence-corrected chi connectivity index (χ4v) is 1.48. The van der Waals surface area contributed by atoms with Gasteiger partial charge in [-0.25, -0.2) is 4.39 Å². The van der Waals surface area contributed by atoms with Gasteiger partial charge in [0.25, 0.3) is 0 Å². The minimum atomic E-state index is -0.579. The van der Waals surface area contributed by atoms with Crippen LogP contribution in [0.5, 0.6) is 0 Å². The van der Waals surface area contributed by atoms with Gasteiger partial charge in [-0.2, -0.15) is 5.26 Å². The van der Waals surface area contributed by atoms with Crippen LogP contribution >= 0.6 is 0 Å². The highest BCUT2D eigenvalue weighted by Gasteiger charge is 2.16. The fourth-order valence-electron chi connectivity index (χ4n) is 1.48. The molecular weight excluding hydrogens is 247 g/mol. The van der Waals surface area contributed by atoms with Gasteiger partial charge in [-0.05, 0) is 26.0 Å². The summed E-state index contributed by atoms with van der Waals surface area (Å²) in [7, 11) is 0. The maximum absolute atomic E-state index is 13.4. The summed E-state index contributed by atoms with van der Waals surface area (Å²) in [6, 6.07) is 6.13. The first kappa shape index (κ1) is 15.0. The number of benzene rings is 1. The van der Waals surface area contributed by atoms with E-state index in [0.29, 0.717) is 5.69 Å². The van der Waals surface area contributed by atoms with Crippen molar-refractivity contribution in [1.82, 2.24) is 0 Å². The van der Waals surface area contributed by atoms with Crippen LogP contribution in [-0.4, -0.2) is 18.6 Å². The Kier molecular flexibility index (Phi) is 5.31. The highest BCUT2D eigenvalue weighted by molar-refractivity contribution is 5.73. The molecule has 1 aromatic rings. The number of hydrogen-bond donors (Lipinski definition) is 1. The van der Waals surface area contributed by atoms with E-state index in [4.69, 9.17) is 10.00 Å². The average molecular weight is 264 g/mol. The molecule has 4 nitrogen and oxygen atoms in total. The van der Waals surface area contributed by atoms with Crippen molar-refractivity contribution in [3.05, 3.63) is 29.6 Å². The Morgan fingerprint density at radius 3 is 2.74 bits per heavy atom. The van der Waals surface area contributed by atoms with Crippen molar-refractivity contribution in [3.63, 3.8) is 0 Å². The van der Waals surface area contributed by atoms with E-state index in [1.165, 1.54) is 12.1 Å². The van der Waals surface area contributed by atoms with Crippen LogP contribution in [0.2, 0.25) is 0 Å². The third-order valence-corrected chi connectivity index (χ3v) is 2.48. The number of hydrogen-bond acceptors (Lipinski definition) is 4. The Labute approximate surface area is 112 Å². The first-order chi connectivity index (χ1) is 8.95. The number of esters is 1. The van der Waals surface area contributed by atoms with Crippen LogP contribution in [0.3, 0.4) is 0 Å². The van der Waals surface area contributed by atoms with Crippen molar-refractivity contribution in [2.24, 2.45) is 5.92 Å². The van der Waals surface area contributed by atoms with E-state index in [2.05, 4.69) is 5.32 Å². The largest absolute Gasteiger partial charge is 0.463 e. The summed E-state index contributed by atoms with van der Waals surface area (Å²) >= 11 is 0. The Bertz CT molecular complexity index is 495. The first-order valence-electron chi connectivity index (χ1n) is 6.08. The Morgan fingerprint density at radius 2 is 2.16 bits per heavy atom. The number of halogens is 1. The molecule has 19 heavy (non-hydrogen) atoms. The quantitative estimate of drug-likeness (QED) is 0.830. The molecule has 0 saturated heterocycles. The molecule has 0 aliphatic rings. The molecule has 1 N–H and O–H groups in total. The molecule has 0 aliphatic carbocycles. The smallest absolute Gasteiger partial charge is 0.310 e. The second-order valence-electron chi connectivity index (χ2n) is 4.54. The summed E-state index contributed by atoms with van der Waals surface area (Å²) in [6.07, 6.45) is -0.168. The van der Waals surface area contributed by atoms with Crippen LogP contribution in [0.1, 0.15) is 26.3 Å². The number of anilines is 1. The van der Waals surface area contributed by atoms with E-state index in [1.807, 2.05) is 0 Å². The molecule has 1 rings (SSSR count). The van der Waals surface area contributed by atoms with Crippen molar-refractivity contribution in [3.8, 4) is 6.07 Å². The summed E-state index contributed by atoms with van der Waals surface area (Å²) < 4.78 is 18.4. The van der Waals surface area contributed by atoms with Crippen LogP contribution in [-0.2, 0) is 9.53 Å². The fraction of sp³-hybridized carbons (Fsp3) is 0.429. The number of rotatable bonds is 5. The van der Waals surface area contributed by atoms with Gasteiger partial charge in [0.15, 0.2) is 0 Å². The molecule has 102 valence electrons. The SMILES string of the molecule is CC(C)OC(=O)C(C)CNc1cccc(F)c1C#N. The zero-order chi connectivity index (χ0) is 14.4. The molecule has 0 spiro atoms. The molecule has 0 aliphatic heterocycles. The third-order valence-electron chi connectivity index (χ3n) is 2.48. The first-order valence-corrected chi connectivity index (χ1v) is 6.08. The maximum atomic E-state index is 13.4. The van der Waals surface area contributed by atoms with E-state index in [-0.39, 0.29) is 30.1 Å². The molecule has 5 heteroatoms. The average Bonchev–Trinajstić information content (AvgIpc) is 2.35. The second-order valence-corrected chi connectivity index (χ2v) is 4.54. The molecule has 1 atom stereocenters. The van der Waals surface area contributed by atoms with Gasteiger partial charge in [0.2, 0.25) is 0 Å². The predicted octanol–water partition coefficient (Wildman–Crippen LogP) is 2.70. The molecule has 0 bridgehead atoms. The Morgan fingerprint density at radius 1 is 1.47 bits per heavy atom. The number of ether oxygens (including phenoxy) is 1. The molecule has 0 radical (unpaired) electrons. The lowest BCUT2D eigenvalue weighted by Gasteiger charge is -2.15. The molecular formula is C14H17FN2O2. The highest BCUT2D eigenvalue weighted by Crippen LogP contribution is 2.18. The van der Waals surface area contributed by atoms with Gasteiger partial charge >= 0.3 is 5.97 Å². The summed E-state index contributed by atoms with van der Waals surface area (Å²) in [5, 5.41) is 11.8. The summed E-state index contributed by atoms with van der Waals surface area (Å²) in [4.78, 5) is 11.6. The Balaban J connectivity index is 2.65.